The highest BCUT2D eigenvalue weighted by Gasteiger charge is 2.05. The summed E-state index contributed by atoms with van der Waals surface area (Å²) < 4.78 is 5.42. The van der Waals surface area contributed by atoms with Crippen LogP contribution in [-0.4, -0.2) is 15.3 Å². The molecule has 0 atom stereocenters. The lowest BCUT2D eigenvalue weighted by Gasteiger charge is -2.06. The zero-order valence-corrected chi connectivity index (χ0v) is 10.1. The lowest BCUT2D eigenvalue weighted by Crippen LogP contribution is -1.95. The van der Waals surface area contributed by atoms with Gasteiger partial charge in [-0.3, -0.25) is 0 Å². The number of benzene rings is 1. The molecule has 0 aliphatic rings. The molecule has 0 fully saturated rings. The van der Waals surface area contributed by atoms with Gasteiger partial charge in [-0.05, 0) is 18.2 Å². The third-order valence-corrected chi connectivity index (χ3v) is 2.51. The largest absolute Gasteiger partial charge is 0.436 e. The van der Waals surface area contributed by atoms with Crippen LogP contribution in [0.25, 0.3) is 0 Å². The fourth-order valence-electron chi connectivity index (χ4n) is 1.15. The van der Waals surface area contributed by atoms with Crippen LogP contribution in [0.2, 0.25) is 10.0 Å². The second-order valence-electron chi connectivity index (χ2n) is 3.20. The molecule has 0 amide bonds. The van der Waals surface area contributed by atoms with E-state index in [1.54, 1.807) is 30.3 Å². The van der Waals surface area contributed by atoms with Crippen molar-refractivity contribution >= 4 is 23.2 Å². The molecule has 0 radical (unpaired) electrons. The standard InChI is InChI=1S/C11H8Cl2N2O2/c12-7-1-3-9(13)10(5-7)17-11-4-2-8(6-16)14-15-11/h1-5,16H,6H2. The molecule has 88 valence electrons. The fraction of sp³-hybridized carbons (Fsp3) is 0.0909. The van der Waals surface area contributed by atoms with Crippen LogP contribution in [-0.2, 0) is 6.61 Å². The van der Waals surface area contributed by atoms with E-state index < -0.39 is 0 Å². The Balaban J connectivity index is 2.22. The van der Waals surface area contributed by atoms with Crippen molar-refractivity contribution in [2.45, 2.75) is 6.61 Å². The van der Waals surface area contributed by atoms with E-state index in [0.29, 0.717) is 21.5 Å². The number of hydrogen-bond donors (Lipinski definition) is 1. The van der Waals surface area contributed by atoms with Crippen molar-refractivity contribution in [2.24, 2.45) is 0 Å². The van der Waals surface area contributed by atoms with Gasteiger partial charge in [0, 0.05) is 17.2 Å². The van der Waals surface area contributed by atoms with E-state index >= 15 is 0 Å². The Kier molecular flexibility index (Phi) is 3.78. The molecule has 1 aromatic carbocycles. The van der Waals surface area contributed by atoms with Gasteiger partial charge in [0.25, 0.3) is 0 Å². The Labute approximate surface area is 108 Å². The van der Waals surface area contributed by atoms with Crippen LogP contribution in [0, 0.1) is 0 Å². The quantitative estimate of drug-likeness (QED) is 0.932. The average molecular weight is 271 g/mol. The van der Waals surface area contributed by atoms with Crippen molar-refractivity contribution in [3.8, 4) is 11.6 Å². The molecule has 2 aromatic rings. The molecule has 0 saturated carbocycles. The van der Waals surface area contributed by atoms with E-state index in [2.05, 4.69) is 10.2 Å². The molecule has 0 aliphatic carbocycles. The Morgan fingerprint density at radius 3 is 2.59 bits per heavy atom. The van der Waals surface area contributed by atoms with Crippen molar-refractivity contribution in [1.82, 2.24) is 10.2 Å². The maximum atomic E-state index is 8.82. The monoisotopic (exact) mass is 270 g/mol. The second kappa shape index (κ2) is 5.31. The molecular weight excluding hydrogens is 263 g/mol. The van der Waals surface area contributed by atoms with Crippen molar-refractivity contribution in [1.29, 1.82) is 0 Å². The molecule has 0 aliphatic heterocycles. The number of ether oxygens (including phenoxy) is 1. The van der Waals surface area contributed by atoms with E-state index in [1.807, 2.05) is 0 Å². The van der Waals surface area contributed by atoms with E-state index in [4.69, 9.17) is 33.0 Å². The molecule has 0 unspecified atom stereocenters. The fourth-order valence-corrected chi connectivity index (χ4v) is 1.47. The molecule has 1 N–H and O–H groups in total. The van der Waals surface area contributed by atoms with Crippen LogP contribution in [0.4, 0.5) is 0 Å². The third kappa shape index (κ3) is 3.06. The summed E-state index contributed by atoms with van der Waals surface area (Å²) in [6.45, 7) is -0.162. The van der Waals surface area contributed by atoms with E-state index in [0.717, 1.165) is 0 Å². The van der Waals surface area contributed by atoms with Gasteiger partial charge in [-0.15, -0.1) is 10.2 Å². The lowest BCUT2D eigenvalue weighted by molar-refractivity contribution is 0.274. The second-order valence-corrected chi connectivity index (χ2v) is 4.04. The number of nitrogens with zero attached hydrogens (tertiary/aromatic N) is 2. The summed E-state index contributed by atoms with van der Waals surface area (Å²) in [6.07, 6.45) is 0. The summed E-state index contributed by atoms with van der Waals surface area (Å²) in [7, 11) is 0. The van der Waals surface area contributed by atoms with Gasteiger partial charge in [-0.2, -0.15) is 0 Å². The van der Waals surface area contributed by atoms with Crippen LogP contribution in [0.15, 0.2) is 30.3 Å². The first-order valence-electron chi connectivity index (χ1n) is 4.75. The van der Waals surface area contributed by atoms with Crippen LogP contribution < -0.4 is 4.74 Å². The highest BCUT2D eigenvalue weighted by molar-refractivity contribution is 6.34. The molecule has 0 bridgehead atoms. The number of aliphatic hydroxyl groups excluding tert-OH is 1. The lowest BCUT2D eigenvalue weighted by atomic mass is 10.3. The zero-order valence-electron chi connectivity index (χ0n) is 8.60. The maximum absolute atomic E-state index is 8.82. The Bertz CT molecular complexity index is 517. The highest BCUT2D eigenvalue weighted by Crippen LogP contribution is 2.30. The third-order valence-electron chi connectivity index (χ3n) is 1.97. The maximum Gasteiger partial charge on any atom is 0.238 e. The van der Waals surface area contributed by atoms with Gasteiger partial charge in [0.2, 0.25) is 5.88 Å². The summed E-state index contributed by atoms with van der Waals surface area (Å²) in [5, 5.41) is 17.3. The molecule has 17 heavy (non-hydrogen) atoms. The number of halogens is 2. The van der Waals surface area contributed by atoms with Crippen LogP contribution in [0.5, 0.6) is 11.6 Å². The molecule has 1 heterocycles. The normalized spacial score (nSPS) is 10.3. The van der Waals surface area contributed by atoms with Crippen molar-refractivity contribution in [2.75, 3.05) is 0 Å². The number of rotatable bonds is 3. The number of hydrogen-bond acceptors (Lipinski definition) is 4. The first-order chi connectivity index (χ1) is 8.19. The summed E-state index contributed by atoms with van der Waals surface area (Å²) in [4.78, 5) is 0. The summed E-state index contributed by atoms with van der Waals surface area (Å²) in [5.41, 5.74) is 0.467. The predicted octanol–water partition coefficient (Wildman–Crippen LogP) is 3.07. The molecule has 0 spiro atoms. The van der Waals surface area contributed by atoms with Crippen molar-refractivity contribution < 1.29 is 9.84 Å². The van der Waals surface area contributed by atoms with Gasteiger partial charge in [0.1, 0.15) is 5.75 Å². The van der Waals surface area contributed by atoms with Crippen LogP contribution in [0.1, 0.15) is 5.69 Å². The van der Waals surface area contributed by atoms with Gasteiger partial charge >= 0.3 is 0 Å². The highest BCUT2D eigenvalue weighted by atomic mass is 35.5. The van der Waals surface area contributed by atoms with E-state index in [1.165, 1.54) is 0 Å². The molecule has 2 rings (SSSR count). The molecular formula is C11H8Cl2N2O2. The summed E-state index contributed by atoms with van der Waals surface area (Å²) >= 11 is 11.8. The first kappa shape index (κ1) is 12.1. The van der Waals surface area contributed by atoms with Gasteiger partial charge in [-0.25, -0.2) is 0 Å². The predicted molar refractivity (Wildman–Crippen MR) is 64.5 cm³/mol. The van der Waals surface area contributed by atoms with E-state index in [9.17, 15) is 0 Å². The number of aliphatic hydroxyl groups is 1. The van der Waals surface area contributed by atoms with Gasteiger partial charge in [-0.1, -0.05) is 23.2 Å². The van der Waals surface area contributed by atoms with Crippen LogP contribution >= 0.6 is 23.2 Å². The average Bonchev–Trinajstić information content (AvgIpc) is 2.35. The molecule has 4 nitrogen and oxygen atoms in total. The Hall–Kier alpha value is -1.36. The van der Waals surface area contributed by atoms with Gasteiger partial charge in [0.05, 0.1) is 17.3 Å². The minimum absolute atomic E-state index is 0.162. The number of aromatic nitrogens is 2. The first-order valence-corrected chi connectivity index (χ1v) is 5.51. The molecule has 6 heteroatoms. The Morgan fingerprint density at radius 1 is 1.12 bits per heavy atom. The zero-order chi connectivity index (χ0) is 12.3. The Morgan fingerprint density at radius 2 is 1.94 bits per heavy atom. The van der Waals surface area contributed by atoms with Crippen molar-refractivity contribution in [3.63, 3.8) is 0 Å². The molecule has 0 saturated heterocycles. The summed E-state index contributed by atoms with van der Waals surface area (Å²) in [5.74, 6) is 0.691. The summed E-state index contributed by atoms with van der Waals surface area (Å²) in [6, 6.07) is 8.09. The smallest absolute Gasteiger partial charge is 0.238 e. The van der Waals surface area contributed by atoms with Crippen molar-refractivity contribution in [3.05, 3.63) is 46.1 Å². The topological polar surface area (TPSA) is 55.2 Å². The minimum atomic E-state index is -0.162. The SMILES string of the molecule is OCc1ccc(Oc2cc(Cl)ccc2Cl)nn1. The minimum Gasteiger partial charge on any atom is -0.436 e. The molecule has 1 aromatic heterocycles. The van der Waals surface area contributed by atoms with E-state index in [-0.39, 0.29) is 12.5 Å². The van der Waals surface area contributed by atoms with Gasteiger partial charge in [0.15, 0.2) is 0 Å². The van der Waals surface area contributed by atoms with Gasteiger partial charge < -0.3 is 9.84 Å². The van der Waals surface area contributed by atoms with Crippen LogP contribution in [0.3, 0.4) is 0 Å².